The molecule has 0 bridgehead atoms. The van der Waals surface area contributed by atoms with Gasteiger partial charge in [-0.3, -0.25) is 4.79 Å². The van der Waals surface area contributed by atoms with Crippen LogP contribution >= 0.6 is 0 Å². The third-order valence-corrected chi connectivity index (χ3v) is 3.56. The van der Waals surface area contributed by atoms with Crippen molar-refractivity contribution >= 4 is 11.9 Å². The molecule has 4 nitrogen and oxygen atoms in total. The van der Waals surface area contributed by atoms with Crippen LogP contribution in [0.25, 0.3) is 6.08 Å². The van der Waals surface area contributed by atoms with Gasteiger partial charge in [-0.25, -0.2) is 0 Å². The second kappa shape index (κ2) is 5.93. The van der Waals surface area contributed by atoms with Crippen LogP contribution in [-0.4, -0.2) is 26.6 Å². The largest absolute Gasteiger partial charge is 0.493 e. The van der Waals surface area contributed by atoms with E-state index in [0.29, 0.717) is 28.4 Å². The zero-order valence-corrected chi connectivity index (χ0v) is 12.5. The zero-order valence-electron chi connectivity index (χ0n) is 12.5. The first kappa shape index (κ1) is 14.2. The number of benzene rings is 2. The van der Waals surface area contributed by atoms with E-state index < -0.39 is 0 Å². The molecule has 0 aliphatic carbocycles. The van der Waals surface area contributed by atoms with E-state index in [1.54, 1.807) is 26.4 Å². The fourth-order valence-corrected chi connectivity index (χ4v) is 2.43. The highest BCUT2D eigenvalue weighted by atomic mass is 16.5. The van der Waals surface area contributed by atoms with Gasteiger partial charge in [0.05, 0.1) is 19.8 Å². The average molecular weight is 296 g/mol. The molecule has 4 heteroatoms. The van der Waals surface area contributed by atoms with Crippen LogP contribution in [-0.2, 0) is 0 Å². The predicted molar refractivity (Wildman–Crippen MR) is 83.8 cm³/mol. The molecular formula is C18H16O4. The smallest absolute Gasteiger partial charge is 0.196 e. The number of ether oxygens (including phenoxy) is 3. The fraction of sp³-hybridized carbons (Fsp3) is 0.167. The lowest BCUT2D eigenvalue weighted by Gasteiger charge is -2.18. The first-order valence-electron chi connectivity index (χ1n) is 6.92. The Labute approximate surface area is 128 Å². The third-order valence-electron chi connectivity index (χ3n) is 3.56. The summed E-state index contributed by atoms with van der Waals surface area (Å²) in [5.41, 5.74) is 2.08. The maximum Gasteiger partial charge on any atom is 0.196 e. The minimum atomic E-state index is -0.00312. The van der Waals surface area contributed by atoms with Crippen LogP contribution in [0.3, 0.4) is 0 Å². The Morgan fingerprint density at radius 2 is 1.82 bits per heavy atom. The number of carbonyl (C=O) groups is 1. The molecular weight excluding hydrogens is 280 g/mol. The van der Waals surface area contributed by atoms with Gasteiger partial charge < -0.3 is 14.2 Å². The Kier molecular flexibility index (Phi) is 3.83. The topological polar surface area (TPSA) is 44.8 Å². The Bertz CT molecular complexity index is 747. The molecule has 22 heavy (non-hydrogen) atoms. The van der Waals surface area contributed by atoms with Crippen molar-refractivity contribution in [3.63, 3.8) is 0 Å². The molecule has 0 spiro atoms. The SMILES string of the molecule is COc1ccc(/C=C2/COc3ccccc3C2=O)cc1OC. The van der Waals surface area contributed by atoms with Gasteiger partial charge in [-0.1, -0.05) is 18.2 Å². The van der Waals surface area contributed by atoms with Gasteiger partial charge in [0.1, 0.15) is 12.4 Å². The standard InChI is InChI=1S/C18H16O4/c1-20-16-8-7-12(10-17(16)21-2)9-13-11-22-15-6-4-3-5-14(15)18(13)19/h3-10H,11H2,1-2H3/b13-9-. The van der Waals surface area contributed by atoms with Crippen molar-refractivity contribution < 1.29 is 19.0 Å². The van der Waals surface area contributed by atoms with E-state index in [2.05, 4.69) is 0 Å². The molecule has 0 unspecified atom stereocenters. The number of rotatable bonds is 3. The highest BCUT2D eigenvalue weighted by Gasteiger charge is 2.22. The number of Topliss-reactive ketones (excluding diaryl/α,β-unsaturated/α-hetero) is 1. The Morgan fingerprint density at radius 1 is 1.05 bits per heavy atom. The van der Waals surface area contributed by atoms with Crippen LogP contribution in [0.1, 0.15) is 15.9 Å². The van der Waals surface area contributed by atoms with Gasteiger partial charge in [-0.05, 0) is 35.9 Å². The van der Waals surface area contributed by atoms with Crippen molar-refractivity contribution in [1.82, 2.24) is 0 Å². The maximum atomic E-state index is 12.5. The monoisotopic (exact) mass is 296 g/mol. The Balaban J connectivity index is 1.95. The lowest BCUT2D eigenvalue weighted by Crippen LogP contribution is -2.18. The molecule has 1 aliphatic rings. The number of hydrogen-bond acceptors (Lipinski definition) is 4. The molecule has 0 fully saturated rings. The summed E-state index contributed by atoms with van der Waals surface area (Å²) in [6.45, 7) is 0.268. The van der Waals surface area contributed by atoms with Crippen LogP contribution in [0, 0.1) is 0 Å². The highest BCUT2D eigenvalue weighted by molar-refractivity contribution is 6.14. The van der Waals surface area contributed by atoms with Crippen LogP contribution < -0.4 is 14.2 Å². The molecule has 0 N–H and O–H groups in total. The quantitative estimate of drug-likeness (QED) is 0.815. The van der Waals surface area contributed by atoms with Gasteiger partial charge in [-0.2, -0.15) is 0 Å². The summed E-state index contributed by atoms with van der Waals surface area (Å²) in [6.07, 6.45) is 1.82. The predicted octanol–water partition coefficient (Wildman–Crippen LogP) is 3.36. The number of ketones is 1. The molecule has 1 heterocycles. The molecule has 0 amide bonds. The average Bonchev–Trinajstić information content (AvgIpc) is 2.57. The molecule has 3 rings (SSSR count). The van der Waals surface area contributed by atoms with Crippen molar-refractivity contribution in [1.29, 1.82) is 0 Å². The van der Waals surface area contributed by atoms with Gasteiger partial charge in [0, 0.05) is 5.57 Å². The summed E-state index contributed by atoms with van der Waals surface area (Å²) in [5.74, 6) is 1.91. The van der Waals surface area contributed by atoms with Crippen molar-refractivity contribution in [2.45, 2.75) is 0 Å². The summed E-state index contributed by atoms with van der Waals surface area (Å²) >= 11 is 0. The van der Waals surface area contributed by atoms with Crippen molar-refractivity contribution in [2.24, 2.45) is 0 Å². The first-order chi connectivity index (χ1) is 10.7. The lowest BCUT2D eigenvalue weighted by atomic mass is 9.98. The van der Waals surface area contributed by atoms with E-state index >= 15 is 0 Å². The Hall–Kier alpha value is -2.75. The molecule has 0 saturated carbocycles. The first-order valence-corrected chi connectivity index (χ1v) is 6.92. The van der Waals surface area contributed by atoms with E-state index in [9.17, 15) is 4.79 Å². The third kappa shape index (κ3) is 2.55. The molecule has 0 saturated heterocycles. The molecule has 0 atom stereocenters. The van der Waals surface area contributed by atoms with Crippen LogP contribution in [0.2, 0.25) is 0 Å². The molecule has 1 aliphatic heterocycles. The fourth-order valence-electron chi connectivity index (χ4n) is 2.43. The van der Waals surface area contributed by atoms with E-state index in [-0.39, 0.29) is 12.4 Å². The number of hydrogen-bond donors (Lipinski definition) is 0. The number of para-hydroxylation sites is 1. The van der Waals surface area contributed by atoms with Crippen molar-refractivity contribution in [2.75, 3.05) is 20.8 Å². The van der Waals surface area contributed by atoms with Gasteiger partial charge >= 0.3 is 0 Å². The maximum absolute atomic E-state index is 12.5. The van der Waals surface area contributed by atoms with Gasteiger partial charge in [0.2, 0.25) is 0 Å². The number of carbonyl (C=O) groups excluding carboxylic acids is 1. The van der Waals surface area contributed by atoms with Gasteiger partial charge in [0.15, 0.2) is 17.3 Å². The van der Waals surface area contributed by atoms with Crippen LogP contribution in [0.5, 0.6) is 17.2 Å². The normalized spacial score (nSPS) is 15.2. The van der Waals surface area contributed by atoms with E-state index in [1.165, 1.54) is 0 Å². The lowest BCUT2D eigenvalue weighted by molar-refractivity contribution is 0.100. The summed E-state index contributed by atoms with van der Waals surface area (Å²) in [7, 11) is 3.17. The van der Waals surface area contributed by atoms with E-state index in [0.717, 1.165) is 5.56 Å². The molecule has 112 valence electrons. The van der Waals surface area contributed by atoms with Gasteiger partial charge in [0.25, 0.3) is 0 Å². The number of fused-ring (bicyclic) bond motifs is 1. The number of methoxy groups -OCH3 is 2. The second-order valence-electron chi connectivity index (χ2n) is 4.90. The highest BCUT2D eigenvalue weighted by Crippen LogP contribution is 2.31. The second-order valence-corrected chi connectivity index (χ2v) is 4.90. The summed E-state index contributed by atoms with van der Waals surface area (Å²) in [5, 5.41) is 0. The Morgan fingerprint density at radius 3 is 2.59 bits per heavy atom. The molecule has 2 aromatic carbocycles. The van der Waals surface area contributed by atoms with Crippen LogP contribution in [0.4, 0.5) is 0 Å². The molecule has 0 radical (unpaired) electrons. The minimum Gasteiger partial charge on any atom is -0.493 e. The van der Waals surface area contributed by atoms with E-state index in [4.69, 9.17) is 14.2 Å². The van der Waals surface area contributed by atoms with Crippen molar-refractivity contribution in [3.8, 4) is 17.2 Å². The van der Waals surface area contributed by atoms with Crippen molar-refractivity contribution in [3.05, 3.63) is 59.2 Å². The van der Waals surface area contributed by atoms with E-state index in [1.807, 2.05) is 36.4 Å². The summed E-state index contributed by atoms with van der Waals surface area (Å²) in [6, 6.07) is 12.8. The zero-order chi connectivity index (χ0) is 15.5. The minimum absolute atomic E-state index is 0.00312. The molecule has 2 aromatic rings. The summed E-state index contributed by atoms with van der Waals surface area (Å²) < 4.78 is 16.1. The molecule has 0 aromatic heterocycles. The summed E-state index contributed by atoms with van der Waals surface area (Å²) in [4.78, 5) is 12.5. The van der Waals surface area contributed by atoms with Crippen LogP contribution in [0.15, 0.2) is 48.0 Å². The van der Waals surface area contributed by atoms with Gasteiger partial charge in [-0.15, -0.1) is 0 Å².